The number of likely N-dealkylation sites (tertiary alicyclic amines) is 1. The van der Waals surface area contributed by atoms with Gasteiger partial charge in [0.05, 0.1) is 11.0 Å². The molecule has 1 saturated heterocycles. The third-order valence-corrected chi connectivity index (χ3v) is 3.35. The number of nitro groups is 1. The van der Waals surface area contributed by atoms with E-state index in [1.165, 1.54) is 11.0 Å². The molecule has 6 nitrogen and oxygen atoms in total. The third kappa shape index (κ3) is 2.74. The number of amides is 1. The van der Waals surface area contributed by atoms with Crippen LogP contribution in [-0.4, -0.2) is 28.8 Å². The lowest BCUT2D eigenvalue weighted by atomic mass is 9.98. The first kappa shape index (κ1) is 13.9. The highest BCUT2D eigenvalue weighted by Crippen LogP contribution is 2.22. The van der Waals surface area contributed by atoms with E-state index < -0.39 is 16.4 Å². The second-order valence-corrected chi connectivity index (χ2v) is 4.62. The van der Waals surface area contributed by atoms with Gasteiger partial charge in [0, 0.05) is 30.6 Å². The van der Waals surface area contributed by atoms with Gasteiger partial charge in [-0.05, 0) is 25.0 Å². The molecule has 1 heterocycles. The Morgan fingerprint density at radius 3 is 2.65 bits per heavy atom. The fraction of sp³-hybridized carbons (Fsp3) is 0.385. The number of benzene rings is 1. The zero-order valence-corrected chi connectivity index (χ0v) is 10.6. The van der Waals surface area contributed by atoms with Crippen molar-refractivity contribution in [3.05, 3.63) is 39.7 Å². The van der Waals surface area contributed by atoms with Crippen LogP contribution in [0.3, 0.4) is 0 Å². The lowest BCUT2D eigenvalue weighted by Gasteiger charge is -2.29. The molecule has 1 amide bonds. The molecule has 1 aromatic rings. The number of carbonyl (C=O) groups is 1. The van der Waals surface area contributed by atoms with Gasteiger partial charge in [-0.15, -0.1) is 0 Å². The van der Waals surface area contributed by atoms with Crippen LogP contribution in [-0.2, 0) is 0 Å². The number of halogens is 1. The molecular formula is C13H12FN3O3. The van der Waals surface area contributed by atoms with E-state index in [1.807, 2.05) is 0 Å². The minimum Gasteiger partial charge on any atom is -0.339 e. The quantitative estimate of drug-likeness (QED) is 0.611. The van der Waals surface area contributed by atoms with Gasteiger partial charge in [-0.1, -0.05) is 0 Å². The van der Waals surface area contributed by atoms with Crippen molar-refractivity contribution in [3.63, 3.8) is 0 Å². The number of hydrogen-bond acceptors (Lipinski definition) is 4. The smallest absolute Gasteiger partial charge is 0.305 e. The van der Waals surface area contributed by atoms with Crippen LogP contribution in [0.2, 0.25) is 0 Å². The number of nitrogens with zero attached hydrogens (tertiary/aromatic N) is 3. The topological polar surface area (TPSA) is 87.2 Å². The lowest BCUT2D eigenvalue weighted by Crippen LogP contribution is -2.38. The maximum Gasteiger partial charge on any atom is 0.305 e. The molecule has 1 aliphatic heterocycles. The third-order valence-electron chi connectivity index (χ3n) is 3.35. The zero-order valence-electron chi connectivity index (χ0n) is 10.6. The standard InChI is InChI=1S/C13H12FN3O3/c14-11-2-1-10(7-12(11)17(19)20)13(18)16-5-3-9(8-15)4-6-16/h1-2,7,9H,3-6H2. The highest BCUT2D eigenvalue weighted by Gasteiger charge is 2.25. The molecule has 1 aliphatic rings. The van der Waals surface area contributed by atoms with Crippen molar-refractivity contribution in [3.8, 4) is 6.07 Å². The Bertz CT molecular complexity index is 589. The van der Waals surface area contributed by atoms with E-state index in [1.54, 1.807) is 0 Å². The van der Waals surface area contributed by atoms with Crippen LogP contribution in [0.1, 0.15) is 23.2 Å². The van der Waals surface area contributed by atoms with Gasteiger partial charge in [0.1, 0.15) is 0 Å². The monoisotopic (exact) mass is 277 g/mol. The SMILES string of the molecule is N#CC1CCN(C(=O)c2ccc(F)c([N+](=O)[O-])c2)CC1. The van der Waals surface area contributed by atoms with Gasteiger partial charge < -0.3 is 4.90 Å². The molecule has 0 unspecified atom stereocenters. The summed E-state index contributed by atoms with van der Waals surface area (Å²) in [6.07, 6.45) is 1.18. The van der Waals surface area contributed by atoms with Crippen molar-refractivity contribution < 1.29 is 14.1 Å². The number of nitro benzene ring substituents is 1. The summed E-state index contributed by atoms with van der Waals surface area (Å²) in [5, 5.41) is 19.5. The Morgan fingerprint density at radius 2 is 2.10 bits per heavy atom. The normalized spacial score (nSPS) is 15.7. The molecule has 20 heavy (non-hydrogen) atoms. The molecule has 0 aliphatic carbocycles. The van der Waals surface area contributed by atoms with E-state index in [4.69, 9.17) is 5.26 Å². The molecule has 1 aromatic carbocycles. The van der Waals surface area contributed by atoms with Gasteiger partial charge in [0.15, 0.2) is 0 Å². The number of nitriles is 1. The molecule has 0 saturated carbocycles. The lowest BCUT2D eigenvalue weighted by molar-refractivity contribution is -0.387. The minimum absolute atomic E-state index is 0.0541. The molecule has 104 valence electrons. The summed E-state index contributed by atoms with van der Waals surface area (Å²) in [5.74, 6) is -1.39. The molecule has 0 aromatic heterocycles. The fourth-order valence-electron chi connectivity index (χ4n) is 2.18. The zero-order chi connectivity index (χ0) is 14.7. The summed E-state index contributed by atoms with van der Waals surface area (Å²) in [5.41, 5.74) is -0.615. The summed E-state index contributed by atoms with van der Waals surface area (Å²) in [4.78, 5) is 23.5. The van der Waals surface area contributed by atoms with Gasteiger partial charge in [0.2, 0.25) is 5.82 Å². The molecule has 0 N–H and O–H groups in total. The molecule has 0 radical (unpaired) electrons. The van der Waals surface area contributed by atoms with E-state index >= 15 is 0 Å². The highest BCUT2D eigenvalue weighted by molar-refractivity contribution is 5.94. The molecule has 7 heteroatoms. The molecular weight excluding hydrogens is 265 g/mol. The van der Waals surface area contributed by atoms with Crippen molar-refractivity contribution >= 4 is 11.6 Å². The minimum atomic E-state index is -0.963. The van der Waals surface area contributed by atoms with Crippen molar-refractivity contribution in [2.75, 3.05) is 13.1 Å². The van der Waals surface area contributed by atoms with Crippen molar-refractivity contribution in [2.45, 2.75) is 12.8 Å². The van der Waals surface area contributed by atoms with Crippen LogP contribution in [0.15, 0.2) is 18.2 Å². The number of hydrogen-bond donors (Lipinski definition) is 0. The first-order valence-corrected chi connectivity index (χ1v) is 6.15. The van der Waals surface area contributed by atoms with Crippen molar-refractivity contribution in [2.24, 2.45) is 5.92 Å². The highest BCUT2D eigenvalue weighted by atomic mass is 19.1. The predicted molar refractivity (Wildman–Crippen MR) is 67.3 cm³/mol. The van der Waals surface area contributed by atoms with Crippen LogP contribution in [0.4, 0.5) is 10.1 Å². The van der Waals surface area contributed by atoms with E-state index in [-0.39, 0.29) is 17.4 Å². The summed E-state index contributed by atoms with van der Waals surface area (Å²) < 4.78 is 13.2. The molecule has 1 fully saturated rings. The Hall–Kier alpha value is -2.49. The summed E-state index contributed by atoms with van der Waals surface area (Å²) >= 11 is 0. The van der Waals surface area contributed by atoms with Gasteiger partial charge >= 0.3 is 5.69 Å². The molecule has 0 spiro atoms. The fourth-order valence-corrected chi connectivity index (χ4v) is 2.18. The molecule has 2 rings (SSSR count). The maximum absolute atomic E-state index is 13.2. The summed E-state index contributed by atoms with van der Waals surface area (Å²) in [6.45, 7) is 0.866. The van der Waals surface area contributed by atoms with Crippen LogP contribution in [0.5, 0.6) is 0 Å². The largest absolute Gasteiger partial charge is 0.339 e. The van der Waals surface area contributed by atoms with Gasteiger partial charge in [0.25, 0.3) is 5.91 Å². The predicted octanol–water partition coefficient (Wildman–Crippen LogP) is 2.11. The van der Waals surface area contributed by atoms with Crippen LogP contribution >= 0.6 is 0 Å². The Morgan fingerprint density at radius 1 is 1.45 bits per heavy atom. The van der Waals surface area contributed by atoms with Crippen molar-refractivity contribution in [1.29, 1.82) is 5.26 Å². The molecule has 0 atom stereocenters. The van der Waals surface area contributed by atoms with Gasteiger partial charge in [-0.3, -0.25) is 14.9 Å². The van der Waals surface area contributed by atoms with Crippen LogP contribution in [0, 0.1) is 33.2 Å². The average Bonchev–Trinajstić information content (AvgIpc) is 2.47. The summed E-state index contributed by atoms with van der Waals surface area (Å²) in [7, 11) is 0. The number of rotatable bonds is 2. The first-order valence-electron chi connectivity index (χ1n) is 6.15. The molecule has 0 bridgehead atoms. The summed E-state index contributed by atoms with van der Waals surface area (Å²) in [6, 6.07) is 5.27. The van der Waals surface area contributed by atoms with E-state index in [9.17, 15) is 19.3 Å². The average molecular weight is 277 g/mol. The Labute approximate surface area is 114 Å². The van der Waals surface area contributed by atoms with Crippen molar-refractivity contribution in [1.82, 2.24) is 4.90 Å². The Balaban J connectivity index is 2.16. The maximum atomic E-state index is 13.2. The van der Waals surface area contributed by atoms with E-state index in [2.05, 4.69) is 6.07 Å². The van der Waals surface area contributed by atoms with E-state index in [0.29, 0.717) is 25.9 Å². The van der Waals surface area contributed by atoms with Gasteiger partial charge in [-0.25, -0.2) is 0 Å². The van der Waals surface area contributed by atoms with E-state index in [0.717, 1.165) is 12.1 Å². The second-order valence-electron chi connectivity index (χ2n) is 4.62. The Kier molecular flexibility index (Phi) is 3.94. The van der Waals surface area contributed by atoms with Crippen LogP contribution < -0.4 is 0 Å². The number of piperidine rings is 1. The van der Waals surface area contributed by atoms with Gasteiger partial charge in [-0.2, -0.15) is 9.65 Å². The first-order chi connectivity index (χ1) is 9.52. The van der Waals surface area contributed by atoms with Crippen LogP contribution in [0.25, 0.3) is 0 Å². The number of carbonyl (C=O) groups excluding carboxylic acids is 1. The second kappa shape index (κ2) is 5.65.